The van der Waals surface area contributed by atoms with E-state index in [1.165, 1.54) is 0 Å². The summed E-state index contributed by atoms with van der Waals surface area (Å²) in [6, 6.07) is 0. The highest BCUT2D eigenvalue weighted by Crippen LogP contribution is 2.19. The third kappa shape index (κ3) is 1.81. The highest BCUT2D eigenvalue weighted by molar-refractivity contribution is 7.71. The summed E-state index contributed by atoms with van der Waals surface area (Å²) < 4.78 is 10.0. The maximum absolute atomic E-state index is 5.62. The molecule has 3 aromatic heterocycles. The minimum atomic E-state index is 0.506. The van der Waals surface area contributed by atoms with E-state index in [-0.39, 0.29) is 0 Å². The van der Waals surface area contributed by atoms with E-state index in [9.17, 15) is 0 Å². The van der Waals surface area contributed by atoms with Crippen LogP contribution in [0.4, 0.5) is 0 Å². The maximum atomic E-state index is 5.62. The van der Waals surface area contributed by atoms with Gasteiger partial charge >= 0.3 is 0 Å². The van der Waals surface area contributed by atoms with Gasteiger partial charge in [-0.2, -0.15) is 5.10 Å². The van der Waals surface area contributed by atoms with Crippen molar-refractivity contribution in [2.45, 2.75) is 27.3 Å². The van der Waals surface area contributed by atoms with Crippen LogP contribution in [-0.4, -0.2) is 24.3 Å². The second-order valence-corrected chi connectivity index (χ2v) is 5.06. The van der Waals surface area contributed by atoms with Crippen molar-refractivity contribution in [3.05, 3.63) is 27.8 Å². The van der Waals surface area contributed by atoms with Crippen molar-refractivity contribution in [1.29, 1.82) is 0 Å². The zero-order valence-electron chi connectivity index (χ0n) is 11.3. The van der Waals surface area contributed by atoms with Crippen molar-refractivity contribution >= 4 is 23.4 Å². The first-order chi connectivity index (χ1) is 8.97. The molecule has 0 aromatic carbocycles. The van der Waals surface area contributed by atoms with Gasteiger partial charge in [0.25, 0.3) is 0 Å². The number of rotatable bonds is 2. The highest BCUT2D eigenvalue weighted by Gasteiger charge is 2.15. The van der Waals surface area contributed by atoms with Crippen LogP contribution in [0, 0.1) is 25.5 Å². The van der Waals surface area contributed by atoms with E-state index in [4.69, 9.17) is 16.6 Å². The smallest absolute Gasteiger partial charge is 0.214 e. The number of aromatic amines is 1. The fourth-order valence-electron chi connectivity index (χ4n) is 2.26. The first-order valence-corrected chi connectivity index (χ1v) is 6.43. The van der Waals surface area contributed by atoms with Gasteiger partial charge in [0.15, 0.2) is 10.4 Å². The van der Waals surface area contributed by atoms with Gasteiger partial charge in [0.05, 0.1) is 11.4 Å². The molecule has 0 aliphatic rings. The minimum absolute atomic E-state index is 0.506. The molecule has 7 heteroatoms. The van der Waals surface area contributed by atoms with E-state index in [1.807, 2.05) is 37.1 Å². The summed E-state index contributed by atoms with van der Waals surface area (Å²) in [4.78, 5) is 7.57. The van der Waals surface area contributed by atoms with Gasteiger partial charge in [-0.1, -0.05) is 0 Å². The van der Waals surface area contributed by atoms with Gasteiger partial charge in [-0.25, -0.2) is 4.98 Å². The van der Waals surface area contributed by atoms with Gasteiger partial charge in [-0.3, -0.25) is 9.25 Å². The van der Waals surface area contributed by atoms with E-state index in [1.54, 1.807) is 0 Å². The Hall–Kier alpha value is -1.89. The van der Waals surface area contributed by atoms with Gasteiger partial charge in [0, 0.05) is 7.05 Å². The van der Waals surface area contributed by atoms with Crippen molar-refractivity contribution in [1.82, 2.24) is 24.3 Å². The molecule has 0 amide bonds. The monoisotopic (exact) mass is 277 g/mol. The average molecular weight is 277 g/mol. The second-order valence-electron chi connectivity index (χ2n) is 4.67. The molecule has 19 heavy (non-hydrogen) atoms. The van der Waals surface area contributed by atoms with E-state index in [2.05, 4.69) is 15.1 Å². The molecule has 3 rings (SSSR count). The van der Waals surface area contributed by atoms with Crippen molar-refractivity contribution in [2.24, 2.45) is 7.05 Å². The number of H-pyrrole nitrogens is 1. The molecule has 0 fully saturated rings. The van der Waals surface area contributed by atoms with Crippen LogP contribution >= 0.6 is 12.2 Å². The Balaban J connectivity index is 2.14. The minimum Gasteiger partial charge on any atom is -0.444 e. The summed E-state index contributed by atoms with van der Waals surface area (Å²) in [5.74, 6) is 1.50. The third-order valence-electron chi connectivity index (χ3n) is 3.29. The lowest BCUT2D eigenvalue weighted by molar-refractivity contribution is 0.456. The lowest BCUT2D eigenvalue weighted by Gasteiger charge is -2.01. The van der Waals surface area contributed by atoms with E-state index >= 15 is 0 Å². The summed E-state index contributed by atoms with van der Waals surface area (Å²) in [5.41, 5.74) is 3.76. The number of fused-ring (bicyclic) bond motifs is 1. The van der Waals surface area contributed by atoms with Crippen LogP contribution in [0.1, 0.15) is 23.0 Å². The van der Waals surface area contributed by atoms with Crippen LogP contribution < -0.4 is 0 Å². The molecule has 0 saturated carbocycles. The number of imidazole rings is 1. The normalized spacial score (nSPS) is 11.6. The molecule has 0 atom stereocenters. The van der Waals surface area contributed by atoms with Crippen molar-refractivity contribution < 1.29 is 4.42 Å². The standard InChI is InChI=1S/C12H15N5OS/c1-6-8(3)18-9(13-6)5-17-11-10(14-12(17)19)7(2)15-16(11)4/h5H2,1-4H3,(H,14,19). The van der Waals surface area contributed by atoms with Crippen LogP contribution in [0.5, 0.6) is 0 Å². The fourth-order valence-corrected chi connectivity index (χ4v) is 2.51. The van der Waals surface area contributed by atoms with Gasteiger partial charge in [-0.15, -0.1) is 0 Å². The van der Waals surface area contributed by atoms with Gasteiger partial charge in [0.2, 0.25) is 5.89 Å². The zero-order valence-corrected chi connectivity index (χ0v) is 12.1. The van der Waals surface area contributed by atoms with Gasteiger partial charge < -0.3 is 9.40 Å². The van der Waals surface area contributed by atoms with E-state index in [0.717, 1.165) is 28.3 Å². The summed E-state index contributed by atoms with van der Waals surface area (Å²) in [6.07, 6.45) is 0. The first-order valence-electron chi connectivity index (χ1n) is 6.02. The molecule has 1 N–H and O–H groups in total. The Morgan fingerprint density at radius 1 is 1.26 bits per heavy atom. The van der Waals surface area contributed by atoms with E-state index in [0.29, 0.717) is 17.2 Å². The van der Waals surface area contributed by atoms with Crippen molar-refractivity contribution in [3.63, 3.8) is 0 Å². The van der Waals surface area contributed by atoms with Crippen molar-refractivity contribution in [3.8, 4) is 0 Å². The number of nitrogens with one attached hydrogen (secondary N) is 1. The molecule has 0 bridgehead atoms. The SMILES string of the molecule is Cc1nc(Cn2c(=S)[nH]c3c(C)nn(C)c32)oc1C. The molecule has 0 aliphatic heterocycles. The topological polar surface area (TPSA) is 64.6 Å². The van der Waals surface area contributed by atoms with Crippen molar-refractivity contribution in [2.75, 3.05) is 0 Å². The quantitative estimate of drug-likeness (QED) is 0.730. The lowest BCUT2D eigenvalue weighted by atomic mass is 10.4. The van der Waals surface area contributed by atoms with Gasteiger partial charge in [0.1, 0.15) is 17.8 Å². The molecule has 0 radical (unpaired) electrons. The number of oxazole rings is 1. The molecule has 3 aromatic rings. The molecular formula is C12H15N5OS. The number of hydrogen-bond donors (Lipinski definition) is 1. The average Bonchev–Trinajstić information content (AvgIpc) is 2.90. The zero-order chi connectivity index (χ0) is 13.7. The second kappa shape index (κ2) is 4.06. The fraction of sp³-hybridized carbons (Fsp3) is 0.417. The molecule has 0 spiro atoms. The number of nitrogens with zero attached hydrogens (tertiary/aromatic N) is 4. The molecule has 6 nitrogen and oxygen atoms in total. The summed E-state index contributed by atoms with van der Waals surface area (Å²) in [7, 11) is 1.90. The molecular weight excluding hydrogens is 262 g/mol. The van der Waals surface area contributed by atoms with E-state index < -0.39 is 0 Å². The highest BCUT2D eigenvalue weighted by atomic mass is 32.1. The molecule has 0 unspecified atom stereocenters. The van der Waals surface area contributed by atoms with Crippen LogP contribution in [0.3, 0.4) is 0 Å². The summed E-state index contributed by atoms with van der Waals surface area (Å²) in [5, 5.41) is 4.38. The largest absolute Gasteiger partial charge is 0.444 e. The predicted octanol–water partition coefficient (Wildman–Crippen LogP) is 2.39. The molecule has 100 valence electrons. The Labute approximate surface area is 115 Å². The number of aromatic nitrogens is 5. The Bertz CT molecular complexity index is 800. The maximum Gasteiger partial charge on any atom is 0.214 e. The summed E-state index contributed by atoms with van der Waals surface area (Å²) in [6.45, 7) is 6.30. The van der Waals surface area contributed by atoms with Gasteiger partial charge in [-0.05, 0) is 33.0 Å². The third-order valence-corrected chi connectivity index (χ3v) is 3.61. The summed E-state index contributed by atoms with van der Waals surface area (Å²) >= 11 is 5.36. The number of aryl methyl sites for hydroxylation is 4. The molecule has 3 heterocycles. The number of hydrogen-bond acceptors (Lipinski definition) is 4. The van der Waals surface area contributed by atoms with Crippen LogP contribution in [-0.2, 0) is 13.6 Å². The van der Waals surface area contributed by atoms with Crippen LogP contribution in [0.15, 0.2) is 4.42 Å². The van der Waals surface area contributed by atoms with Crippen LogP contribution in [0.25, 0.3) is 11.2 Å². The lowest BCUT2D eigenvalue weighted by Crippen LogP contribution is -2.04. The Morgan fingerprint density at radius 2 is 2.00 bits per heavy atom. The Kier molecular flexibility index (Phi) is 2.60. The molecule has 0 saturated heterocycles. The molecule has 0 aliphatic carbocycles. The Morgan fingerprint density at radius 3 is 2.63 bits per heavy atom. The van der Waals surface area contributed by atoms with Crippen LogP contribution in [0.2, 0.25) is 0 Å². The first kappa shape index (κ1) is 12.2. The predicted molar refractivity (Wildman–Crippen MR) is 73.7 cm³/mol.